The maximum atomic E-state index is 13.5. The Bertz CT molecular complexity index is 692. The highest BCUT2D eigenvalue weighted by atomic mass is 35.5. The number of hydrogen-bond donors (Lipinski definition) is 1. The number of aromatic nitrogens is 1. The van der Waals surface area contributed by atoms with Crippen LogP contribution in [0.15, 0.2) is 24.4 Å². The van der Waals surface area contributed by atoms with Crippen molar-refractivity contribution in [3.63, 3.8) is 0 Å². The standard InChI is InChI=1S/C14H12ClFN2O2/c15-9-6-8-11(7-10(9)16)17-4-3-12(8)18-5-1-2-13(18)14(19)20/h3-4,6-7,13H,1-2,5H2,(H,19,20)/t13-/m1/s1. The van der Waals surface area contributed by atoms with Crippen LogP contribution in [0.3, 0.4) is 0 Å². The molecule has 1 aromatic carbocycles. The van der Waals surface area contributed by atoms with E-state index in [1.807, 2.05) is 4.90 Å². The minimum Gasteiger partial charge on any atom is -0.480 e. The fourth-order valence-corrected chi connectivity index (χ4v) is 2.85. The number of benzene rings is 1. The molecule has 0 bridgehead atoms. The highest BCUT2D eigenvalue weighted by Gasteiger charge is 2.31. The molecule has 0 amide bonds. The largest absolute Gasteiger partial charge is 0.480 e. The molecule has 0 radical (unpaired) electrons. The molecule has 6 heteroatoms. The van der Waals surface area contributed by atoms with Crippen molar-refractivity contribution in [1.29, 1.82) is 0 Å². The molecule has 0 saturated carbocycles. The molecule has 4 nitrogen and oxygen atoms in total. The Kier molecular flexibility index (Phi) is 3.22. The monoisotopic (exact) mass is 294 g/mol. The van der Waals surface area contributed by atoms with Crippen LogP contribution in [-0.4, -0.2) is 28.6 Å². The zero-order chi connectivity index (χ0) is 14.3. The minimum atomic E-state index is -0.847. The molecular formula is C14H12ClFN2O2. The number of carbonyl (C=O) groups is 1. The Morgan fingerprint density at radius 3 is 3.05 bits per heavy atom. The topological polar surface area (TPSA) is 53.4 Å². The zero-order valence-electron chi connectivity index (χ0n) is 10.5. The van der Waals surface area contributed by atoms with Gasteiger partial charge in [-0.15, -0.1) is 0 Å². The first-order valence-corrected chi connectivity index (χ1v) is 6.69. The van der Waals surface area contributed by atoms with Crippen molar-refractivity contribution in [3.05, 3.63) is 35.2 Å². The van der Waals surface area contributed by atoms with Crippen LogP contribution in [0, 0.1) is 5.82 Å². The van der Waals surface area contributed by atoms with Crippen LogP contribution in [0.1, 0.15) is 12.8 Å². The van der Waals surface area contributed by atoms with E-state index in [0.717, 1.165) is 12.1 Å². The van der Waals surface area contributed by atoms with Crippen molar-refractivity contribution in [2.24, 2.45) is 0 Å². The van der Waals surface area contributed by atoms with Gasteiger partial charge in [-0.2, -0.15) is 0 Å². The van der Waals surface area contributed by atoms with Crippen LogP contribution in [0.25, 0.3) is 10.9 Å². The lowest BCUT2D eigenvalue weighted by Crippen LogP contribution is -2.36. The van der Waals surface area contributed by atoms with Crippen molar-refractivity contribution in [2.75, 3.05) is 11.4 Å². The van der Waals surface area contributed by atoms with Gasteiger partial charge in [0.05, 0.1) is 10.5 Å². The van der Waals surface area contributed by atoms with E-state index in [-0.39, 0.29) is 5.02 Å². The maximum absolute atomic E-state index is 13.5. The van der Waals surface area contributed by atoms with E-state index in [2.05, 4.69) is 4.98 Å². The Labute approximate surface area is 119 Å². The Morgan fingerprint density at radius 1 is 1.50 bits per heavy atom. The fourth-order valence-electron chi connectivity index (χ4n) is 2.69. The second-order valence-corrected chi connectivity index (χ2v) is 5.21. The number of halogens is 2. The number of carboxylic acids is 1. The van der Waals surface area contributed by atoms with Gasteiger partial charge in [0.15, 0.2) is 0 Å². The van der Waals surface area contributed by atoms with Crippen LogP contribution in [0.5, 0.6) is 0 Å². The summed E-state index contributed by atoms with van der Waals surface area (Å²) in [5.41, 5.74) is 1.21. The van der Waals surface area contributed by atoms with E-state index in [1.54, 1.807) is 12.3 Å². The molecule has 1 atom stereocenters. The second-order valence-electron chi connectivity index (χ2n) is 4.80. The van der Waals surface area contributed by atoms with E-state index in [1.165, 1.54) is 12.1 Å². The zero-order valence-corrected chi connectivity index (χ0v) is 11.3. The lowest BCUT2D eigenvalue weighted by Gasteiger charge is -2.25. The molecule has 0 spiro atoms. The first-order chi connectivity index (χ1) is 9.58. The second kappa shape index (κ2) is 4.90. The van der Waals surface area contributed by atoms with Gasteiger partial charge in [-0.25, -0.2) is 9.18 Å². The third-order valence-corrected chi connectivity index (χ3v) is 3.90. The molecule has 1 aliphatic heterocycles. The quantitative estimate of drug-likeness (QED) is 0.925. The molecule has 20 heavy (non-hydrogen) atoms. The fraction of sp³-hybridized carbons (Fsp3) is 0.286. The summed E-state index contributed by atoms with van der Waals surface area (Å²) >= 11 is 5.83. The lowest BCUT2D eigenvalue weighted by molar-refractivity contribution is -0.138. The molecule has 1 N–H and O–H groups in total. The van der Waals surface area contributed by atoms with Crippen molar-refractivity contribution in [1.82, 2.24) is 4.98 Å². The smallest absolute Gasteiger partial charge is 0.326 e. The SMILES string of the molecule is O=C(O)[C@H]1CCCN1c1ccnc2cc(F)c(Cl)cc12. The highest BCUT2D eigenvalue weighted by molar-refractivity contribution is 6.31. The maximum Gasteiger partial charge on any atom is 0.326 e. The number of hydrogen-bond acceptors (Lipinski definition) is 3. The van der Waals surface area contributed by atoms with Crippen LogP contribution in [0.4, 0.5) is 10.1 Å². The molecule has 2 aromatic rings. The molecule has 3 rings (SSSR count). The minimum absolute atomic E-state index is 0.0119. The van der Waals surface area contributed by atoms with Crippen molar-refractivity contribution < 1.29 is 14.3 Å². The summed E-state index contributed by atoms with van der Waals surface area (Å²) in [4.78, 5) is 17.2. The molecule has 1 fully saturated rings. The third-order valence-electron chi connectivity index (χ3n) is 3.61. The molecule has 1 aromatic heterocycles. The molecule has 1 saturated heterocycles. The average molecular weight is 295 g/mol. The highest BCUT2D eigenvalue weighted by Crippen LogP contribution is 2.33. The third kappa shape index (κ3) is 2.08. The number of carboxylic acid groups (broad SMARTS) is 1. The van der Waals surface area contributed by atoms with Crippen LogP contribution >= 0.6 is 11.6 Å². The predicted molar refractivity (Wildman–Crippen MR) is 74.7 cm³/mol. The summed E-state index contributed by atoms with van der Waals surface area (Å²) in [7, 11) is 0. The summed E-state index contributed by atoms with van der Waals surface area (Å²) in [5.74, 6) is -1.37. The Hall–Kier alpha value is -1.88. The van der Waals surface area contributed by atoms with Crippen LogP contribution < -0.4 is 4.90 Å². The van der Waals surface area contributed by atoms with Gasteiger partial charge >= 0.3 is 5.97 Å². The van der Waals surface area contributed by atoms with E-state index in [9.17, 15) is 14.3 Å². The summed E-state index contributed by atoms with van der Waals surface area (Å²) in [6.45, 7) is 0.658. The van der Waals surface area contributed by atoms with E-state index in [0.29, 0.717) is 23.9 Å². The van der Waals surface area contributed by atoms with Crippen LogP contribution in [-0.2, 0) is 4.79 Å². The van der Waals surface area contributed by atoms with Gasteiger partial charge in [0.25, 0.3) is 0 Å². The number of fused-ring (bicyclic) bond motifs is 1. The van der Waals surface area contributed by atoms with Crippen molar-refractivity contribution in [2.45, 2.75) is 18.9 Å². The van der Waals surface area contributed by atoms with Gasteiger partial charge in [-0.3, -0.25) is 4.98 Å². The van der Waals surface area contributed by atoms with Gasteiger partial charge in [0.2, 0.25) is 0 Å². The number of anilines is 1. The van der Waals surface area contributed by atoms with Crippen LogP contribution in [0.2, 0.25) is 5.02 Å². The molecule has 104 valence electrons. The number of rotatable bonds is 2. The Balaban J connectivity index is 2.16. The molecular weight excluding hydrogens is 283 g/mol. The summed E-state index contributed by atoms with van der Waals surface area (Å²) in [6.07, 6.45) is 2.98. The Morgan fingerprint density at radius 2 is 2.30 bits per heavy atom. The molecule has 0 unspecified atom stereocenters. The molecule has 2 heterocycles. The van der Waals surface area contributed by atoms with Gasteiger partial charge in [0.1, 0.15) is 11.9 Å². The molecule has 1 aliphatic rings. The number of pyridine rings is 1. The first kappa shape index (κ1) is 13.1. The predicted octanol–water partition coefficient (Wildman–Crippen LogP) is 3.08. The van der Waals surface area contributed by atoms with Gasteiger partial charge in [0, 0.05) is 29.9 Å². The van der Waals surface area contributed by atoms with Gasteiger partial charge in [-0.1, -0.05) is 11.6 Å². The van der Waals surface area contributed by atoms with E-state index < -0.39 is 17.8 Å². The van der Waals surface area contributed by atoms with E-state index in [4.69, 9.17) is 11.6 Å². The molecule has 0 aliphatic carbocycles. The average Bonchev–Trinajstić information content (AvgIpc) is 2.88. The first-order valence-electron chi connectivity index (χ1n) is 6.31. The number of aliphatic carboxylic acids is 1. The summed E-state index contributed by atoms with van der Waals surface area (Å²) < 4.78 is 13.5. The normalized spacial score (nSPS) is 18.7. The lowest BCUT2D eigenvalue weighted by atomic mass is 10.1. The number of nitrogens with zero attached hydrogens (tertiary/aromatic N) is 2. The summed E-state index contributed by atoms with van der Waals surface area (Å²) in [5, 5.41) is 9.96. The summed E-state index contributed by atoms with van der Waals surface area (Å²) in [6, 6.07) is 3.97. The van der Waals surface area contributed by atoms with Gasteiger partial charge in [-0.05, 0) is 25.0 Å². The van der Waals surface area contributed by atoms with Crippen molar-refractivity contribution in [3.8, 4) is 0 Å². The van der Waals surface area contributed by atoms with Crippen molar-refractivity contribution >= 4 is 34.2 Å². The van der Waals surface area contributed by atoms with E-state index >= 15 is 0 Å². The van der Waals surface area contributed by atoms with Gasteiger partial charge < -0.3 is 10.0 Å².